The number of hydrogen-bond donors (Lipinski definition) is 1. The van der Waals surface area contributed by atoms with Gasteiger partial charge in [-0.05, 0) is 38.0 Å². The summed E-state index contributed by atoms with van der Waals surface area (Å²) in [4.78, 5) is 43.8. The van der Waals surface area contributed by atoms with Crippen LogP contribution in [0.4, 0.5) is 11.4 Å². The summed E-state index contributed by atoms with van der Waals surface area (Å²) in [7, 11) is 2.06. The molecule has 1 atom stereocenters. The number of fused-ring (bicyclic) bond motifs is 4. The number of amides is 1. The van der Waals surface area contributed by atoms with E-state index in [-0.39, 0.29) is 29.8 Å². The molecule has 10 nitrogen and oxygen atoms in total. The minimum absolute atomic E-state index is 0.0474. The quantitative estimate of drug-likeness (QED) is 0.193. The van der Waals surface area contributed by atoms with E-state index in [1.54, 1.807) is 30.5 Å². The number of nitrogens with zero attached hydrogens (tertiary/aromatic N) is 5. The maximum absolute atomic E-state index is 13.0. The summed E-state index contributed by atoms with van der Waals surface area (Å²) in [6, 6.07) is 19.5. The third-order valence-electron chi connectivity index (χ3n) is 8.17. The van der Waals surface area contributed by atoms with Crippen LogP contribution < -0.4 is 5.32 Å². The van der Waals surface area contributed by atoms with E-state index in [1.165, 1.54) is 23.9 Å². The molecule has 1 aliphatic carbocycles. The highest BCUT2D eigenvalue weighted by atomic mass is 35.5. The minimum Gasteiger partial charge on any atom is -0.347 e. The Labute approximate surface area is 258 Å². The molecule has 7 rings (SSSR count). The van der Waals surface area contributed by atoms with Crippen LogP contribution in [0.25, 0.3) is 10.9 Å². The van der Waals surface area contributed by atoms with Crippen molar-refractivity contribution < 1.29 is 14.5 Å². The number of non-ortho nitro benzene ring substituents is 1. The van der Waals surface area contributed by atoms with Crippen LogP contribution in [-0.4, -0.2) is 43.0 Å². The number of anilines is 1. The molecule has 0 saturated carbocycles. The molecule has 0 radical (unpaired) electrons. The number of para-hydroxylation sites is 1. The van der Waals surface area contributed by atoms with Crippen molar-refractivity contribution in [3.05, 3.63) is 122 Å². The maximum atomic E-state index is 13.0. The van der Waals surface area contributed by atoms with Crippen molar-refractivity contribution >= 4 is 51.3 Å². The first-order valence-electron chi connectivity index (χ1n) is 14.2. The van der Waals surface area contributed by atoms with E-state index in [4.69, 9.17) is 11.6 Å². The molecule has 11 heteroatoms. The van der Waals surface area contributed by atoms with E-state index < -0.39 is 4.92 Å². The number of benzodiazepines with no additional fused rings is 1. The van der Waals surface area contributed by atoms with Crippen molar-refractivity contribution in [2.45, 2.75) is 26.3 Å². The standard InChI is InChI=1S/C18H19N3O.C15H10ClN3O3/c1-12-19-9-10-21(12)11-13-7-8-16-17(18(13)22)14-5-3-4-6-15(14)20(16)2;16-12-4-2-1-3-10(12)15-11-7-9(19(21)22)5-6-13(11)18-14(20)8-17-15/h3-6,9-10,13H,7-8,11H2,1-2H3;1-7H,8H2,(H,18,20). The van der Waals surface area contributed by atoms with Gasteiger partial charge in [-0.15, -0.1) is 0 Å². The number of carbonyl (C=O) groups excluding carboxylic acids is 2. The van der Waals surface area contributed by atoms with Crippen molar-refractivity contribution in [1.82, 2.24) is 14.1 Å². The summed E-state index contributed by atoms with van der Waals surface area (Å²) in [6.45, 7) is 2.65. The number of rotatable bonds is 4. The van der Waals surface area contributed by atoms with Gasteiger partial charge >= 0.3 is 0 Å². The molecule has 2 aliphatic rings. The Bertz CT molecular complexity index is 1970. The van der Waals surface area contributed by atoms with Crippen molar-refractivity contribution in [3.63, 3.8) is 0 Å². The lowest BCUT2D eigenvalue weighted by atomic mass is 9.85. The topological polar surface area (TPSA) is 124 Å². The number of nitrogens with one attached hydrogen (secondary N) is 1. The molecule has 44 heavy (non-hydrogen) atoms. The van der Waals surface area contributed by atoms with Crippen molar-refractivity contribution in [2.24, 2.45) is 18.0 Å². The highest BCUT2D eigenvalue weighted by Gasteiger charge is 2.32. The molecule has 3 heterocycles. The van der Waals surface area contributed by atoms with E-state index in [2.05, 4.69) is 43.6 Å². The van der Waals surface area contributed by atoms with Gasteiger partial charge in [-0.3, -0.25) is 24.7 Å². The Morgan fingerprint density at radius 3 is 2.59 bits per heavy atom. The SMILES string of the molecule is Cc1nccn1CC1CCc2c(c3ccccc3n2C)C1=O.O=C1CN=C(c2ccccc2Cl)c2cc([N+](=O)[O-])ccc2N1. The second-order valence-electron chi connectivity index (χ2n) is 10.8. The van der Waals surface area contributed by atoms with Gasteiger partial charge in [-0.2, -0.15) is 0 Å². The van der Waals surface area contributed by atoms with Crippen LogP contribution in [0.15, 0.2) is 84.1 Å². The molecule has 2 aromatic heterocycles. The van der Waals surface area contributed by atoms with Gasteiger partial charge in [0.15, 0.2) is 5.78 Å². The number of hydrogen-bond acceptors (Lipinski definition) is 6. The molecule has 1 N–H and O–H groups in total. The lowest BCUT2D eigenvalue weighted by Crippen LogP contribution is -2.27. The van der Waals surface area contributed by atoms with E-state index in [0.717, 1.165) is 41.7 Å². The third-order valence-corrected chi connectivity index (χ3v) is 8.50. The van der Waals surface area contributed by atoms with Gasteiger partial charge in [0.05, 0.1) is 16.3 Å². The molecule has 222 valence electrons. The van der Waals surface area contributed by atoms with Gasteiger partial charge in [0, 0.05) is 82.3 Å². The Kier molecular flexibility index (Phi) is 7.84. The van der Waals surface area contributed by atoms with Crippen molar-refractivity contribution in [3.8, 4) is 0 Å². The van der Waals surface area contributed by atoms with E-state index in [9.17, 15) is 19.7 Å². The van der Waals surface area contributed by atoms with Gasteiger partial charge in [-0.1, -0.05) is 48.0 Å². The number of Topliss-reactive ketones (excluding diaryl/α,β-unsaturated/α-hetero) is 1. The highest BCUT2D eigenvalue weighted by Crippen LogP contribution is 2.34. The lowest BCUT2D eigenvalue weighted by Gasteiger charge is -2.23. The number of nitro groups is 1. The summed E-state index contributed by atoms with van der Waals surface area (Å²) in [6.07, 6.45) is 5.63. The van der Waals surface area contributed by atoms with Crippen LogP contribution in [0, 0.1) is 23.0 Å². The summed E-state index contributed by atoms with van der Waals surface area (Å²) in [5.74, 6) is 1.02. The second-order valence-corrected chi connectivity index (χ2v) is 11.2. The zero-order valence-electron chi connectivity index (χ0n) is 24.2. The normalized spacial score (nSPS) is 15.8. The maximum Gasteiger partial charge on any atom is 0.270 e. The fourth-order valence-corrected chi connectivity index (χ4v) is 6.15. The minimum atomic E-state index is -0.489. The van der Waals surface area contributed by atoms with Crippen molar-refractivity contribution in [2.75, 3.05) is 11.9 Å². The number of carbonyl (C=O) groups is 2. The average molecular weight is 609 g/mol. The fraction of sp³-hybridized carbons (Fsp3) is 0.212. The zero-order valence-corrected chi connectivity index (χ0v) is 24.9. The number of aliphatic imine (C=N–C) groups is 1. The van der Waals surface area contributed by atoms with Crippen molar-refractivity contribution in [1.29, 1.82) is 0 Å². The Balaban J connectivity index is 0.000000156. The van der Waals surface area contributed by atoms with E-state index >= 15 is 0 Å². The first kappa shape index (κ1) is 29.0. The summed E-state index contributed by atoms with van der Waals surface area (Å²) in [5, 5.41) is 15.2. The number of imidazole rings is 1. The van der Waals surface area contributed by atoms with Crippen LogP contribution in [0.2, 0.25) is 5.02 Å². The van der Waals surface area contributed by atoms with E-state index in [0.29, 0.717) is 27.5 Å². The summed E-state index contributed by atoms with van der Waals surface area (Å²) >= 11 is 6.20. The number of aryl methyl sites for hydroxylation is 2. The van der Waals surface area contributed by atoms with Crippen LogP contribution in [0.3, 0.4) is 0 Å². The Morgan fingerprint density at radius 1 is 1.07 bits per heavy atom. The number of nitro benzene ring substituents is 1. The van der Waals surface area contributed by atoms with Crippen LogP contribution >= 0.6 is 11.6 Å². The number of halogens is 1. The molecule has 0 bridgehead atoms. The molecule has 1 aliphatic heterocycles. The Morgan fingerprint density at radius 2 is 1.84 bits per heavy atom. The van der Waals surface area contributed by atoms with Gasteiger partial charge in [0.2, 0.25) is 5.91 Å². The van der Waals surface area contributed by atoms with Crippen LogP contribution in [0.1, 0.15) is 39.4 Å². The number of ketones is 1. The second kappa shape index (κ2) is 11.9. The molecule has 0 fully saturated rings. The van der Waals surface area contributed by atoms with Gasteiger partial charge in [0.1, 0.15) is 12.4 Å². The first-order valence-corrected chi connectivity index (χ1v) is 14.6. The van der Waals surface area contributed by atoms with Crippen LogP contribution in [0.5, 0.6) is 0 Å². The molecule has 0 saturated heterocycles. The molecule has 1 amide bonds. The van der Waals surface area contributed by atoms with Gasteiger partial charge in [0.25, 0.3) is 5.69 Å². The Hall–Kier alpha value is -5.09. The largest absolute Gasteiger partial charge is 0.347 e. The summed E-state index contributed by atoms with van der Waals surface area (Å²) < 4.78 is 4.26. The smallest absolute Gasteiger partial charge is 0.270 e. The fourth-order valence-electron chi connectivity index (χ4n) is 5.93. The molecular weight excluding hydrogens is 580 g/mol. The third kappa shape index (κ3) is 5.40. The molecule has 1 unspecified atom stereocenters. The number of benzene rings is 3. The van der Waals surface area contributed by atoms with E-state index in [1.807, 2.05) is 25.3 Å². The predicted molar refractivity (Wildman–Crippen MR) is 170 cm³/mol. The lowest BCUT2D eigenvalue weighted by molar-refractivity contribution is -0.384. The van der Waals surface area contributed by atoms with Gasteiger partial charge in [-0.25, -0.2) is 4.98 Å². The van der Waals surface area contributed by atoms with Crippen LogP contribution in [-0.2, 0) is 24.8 Å². The predicted octanol–water partition coefficient (Wildman–Crippen LogP) is 6.17. The number of aromatic nitrogens is 3. The van der Waals surface area contributed by atoms with Gasteiger partial charge < -0.3 is 14.5 Å². The molecular formula is C33H29ClN6O4. The summed E-state index contributed by atoms with van der Waals surface area (Å²) in [5.41, 5.74) is 5.25. The molecule has 3 aromatic carbocycles. The monoisotopic (exact) mass is 608 g/mol. The highest BCUT2D eigenvalue weighted by molar-refractivity contribution is 6.36. The first-order chi connectivity index (χ1) is 21.2. The molecule has 0 spiro atoms. The average Bonchev–Trinajstić information content (AvgIpc) is 3.50. The molecule has 5 aromatic rings. The zero-order chi connectivity index (χ0) is 31.0.